The van der Waals surface area contributed by atoms with Crippen LogP contribution in [0.4, 0.5) is 0 Å². The third-order valence-corrected chi connectivity index (χ3v) is 7.86. The van der Waals surface area contributed by atoms with Gasteiger partial charge in [0.15, 0.2) is 0 Å². The van der Waals surface area contributed by atoms with Crippen LogP contribution in [-0.2, 0) is 0 Å². The number of hydrogen-bond donors (Lipinski definition) is 0. The SMILES string of the molecule is COc1ccc(-c2[se]c3cc(OC)ccc3c2Oc2ccc(OPI)cc2)cc1. The maximum atomic E-state index is 6.40. The molecule has 148 valence electrons. The van der Waals surface area contributed by atoms with Crippen molar-refractivity contribution in [3.63, 3.8) is 0 Å². The summed E-state index contributed by atoms with van der Waals surface area (Å²) in [5.74, 6) is 4.23. The van der Waals surface area contributed by atoms with Crippen molar-refractivity contribution in [2.24, 2.45) is 0 Å². The molecule has 0 saturated heterocycles. The Morgan fingerprint density at radius 2 is 1.38 bits per heavy atom. The van der Waals surface area contributed by atoms with E-state index in [0.717, 1.165) is 39.7 Å². The standard InChI is InChI=1S/C22H18IO4PSe/c1-24-15-5-3-14(4-6-15)22-21(19-12-11-18(25-2)13-20(19)29-22)26-16-7-9-17(10-8-16)27-28-23/h3-13,28H,1-2H3. The average molecular weight is 583 g/mol. The van der Waals surface area contributed by atoms with Gasteiger partial charge in [-0.2, -0.15) is 0 Å². The van der Waals surface area contributed by atoms with E-state index in [-0.39, 0.29) is 14.5 Å². The van der Waals surface area contributed by atoms with E-state index >= 15 is 0 Å². The Balaban J connectivity index is 1.78. The molecule has 4 nitrogen and oxygen atoms in total. The Morgan fingerprint density at radius 1 is 0.759 bits per heavy atom. The van der Waals surface area contributed by atoms with Crippen LogP contribution in [0, 0.1) is 0 Å². The molecule has 0 radical (unpaired) electrons. The van der Waals surface area contributed by atoms with E-state index in [1.807, 2.05) is 42.5 Å². The number of halogens is 1. The summed E-state index contributed by atoms with van der Waals surface area (Å²) in [5, 5.41) is 1.12. The van der Waals surface area contributed by atoms with Gasteiger partial charge in [-0.1, -0.05) is 0 Å². The first-order valence-electron chi connectivity index (χ1n) is 8.77. The number of benzene rings is 3. The molecule has 29 heavy (non-hydrogen) atoms. The molecule has 0 saturated carbocycles. The zero-order chi connectivity index (χ0) is 20.2. The first kappa shape index (κ1) is 20.5. The van der Waals surface area contributed by atoms with Gasteiger partial charge in [-0.25, -0.2) is 0 Å². The molecule has 0 aliphatic rings. The minimum atomic E-state index is 0.110. The van der Waals surface area contributed by atoms with E-state index in [2.05, 4.69) is 46.3 Å². The molecule has 0 bridgehead atoms. The van der Waals surface area contributed by atoms with Crippen molar-refractivity contribution in [2.45, 2.75) is 0 Å². The topological polar surface area (TPSA) is 36.9 Å². The maximum absolute atomic E-state index is 6.40. The molecule has 0 amide bonds. The van der Waals surface area contributed by atoms with Crippen LogP contribution in [0.3, 0.4) is 0 Å². The first-order chi connectivity index (χ1) is 14.2. The Morgan fingerprint density at radius 3 is 2.03 bits per heavy atom. The van der Waals surface area contributed by atoms with E-state index in [4.69, 9.17) is 18.7 Å². The molecule has 1 unspecified atom stereocenters. The van der Waals surface area contributed by atoms with Crippen molar-refractivity contribution in [3.05, 3.63) is 66.7 Å². The summed E-state index contributed by atoms with van der Waals surface area (Å²) in [4.78, 5) is 0. The Hall–Kier alpha value is -1.72. The van der Waals surface area contributed by atoms with E-state index in [1.165, 1.54) is 8.70 Å². The van der Waals surface area contributed by atoms with Crippen LogP contribution in [0.5, 0.6) is 28.7 Å². The number of ether oxygens (including phenoxy) is 3. The molecule has 4 rings (SSSR count). The molecule has 1 heterocycles. The fourth-order valence-electron chi connectivity index (χ4n) is 2.95. The molecule has 1 aromatic heterocycles. The average Bonchev–Trinajstić information content (AvgIpc) is 3.12. The number of hydrogen-bond acceptors (Lipinski definition) is 4. The molecular formula is C22H18IO4PSe. The summed E-state index contributed by atoms with van der Waals surface area (Å²) in [6.45, 7) is 0.389. The van der Waals surface area contributed by atoms with Gasteiger partial charge in [0.1, 0.15) is 0 Å². The summed E-state index contributed by atoms with van der Waals surface area (Å²) >= 11 is 2.32. The zero-order valence-electron chi connectivity index (χ0n) is 15.8. The van der Waals surface area contributed by atoms with Crippen molar-refractivity contribution >= 4 is 52.6 Å². The van der Waals surface area contributed by atoms with Gasteiger partial charge in [0.25, 0.3) is 0 Å². The quantitative estimate of drug-likeness (QED) is 0.138. The Labute approximate surface area is 190 Å². The molecular weight excluding hydrogens is 565 g/mol. The molecule has 7 heteroatoms. The Bertz CT molecular complexity index is 1110. The normalized spacial score (nSPS) is 11.1. The van der Waals surface area contributed by atoms with Gasteiger partial charge in [0.05, 0.1) is 0 Å². The van der Waals surface area contributed by atoms with E-state index in [9.17, 15) is 0 Å². The van der Waals surface area contributed by atoms with E-state index < -0.39 is 0 Å². The van der Waals surface area contributed by atoms with E-state index in [0.29, 0.717) is 6.45 Å². The summed E-state index contributed by atoms with van der Waals surface area (Å²) in [6.07, 6.45) is 0. The molecule has 0 aliphatic carbocycles. The molecule has 0 spiro atoms. The van der Waals surface area contributed by atoms with Crippen LogP contribution in [0.15, 0.2) is 66.7 Å². The Kier molecular flexibility index (Phi) is 6.66. The van der Waals surface area contributed by atoms with Crippen LogP contribution in [0.25, 0.3) is 19.6 Å². The van der Waals surface area contributed by atoms with E-state index in [1.54, 1.807) is 14.2 Å². The molecule has 3 aromatic carbocycles. The van der Waals surface area contributed by atoms with Gasteiger partial charge in [0.2, 0.25) is 0 Å². The summed E-state index contributed by atoms with van der Waals surface area (Å²) in [6, 6.07) is 22.1. The second-order valence-corrected chi connectivity index (χ2v) is 9.99. The fraction of sp³-hybridized carbons (Fsp3) is 0.0909. The van der Waals surface area contributed by atoms with Crippen LogP contribution < -0.4 is 18.7 Å². The van der Waals surface area contributed by atoms with Gasteiger partial charge in [-0.3, -0.25) is 0 Å². The monoisotopic (exact) mass is 584 g/mol. The third kappa shape index (κ3) is 4.56. The zero-order valence-corrected chi connectivity index (χ0v) is 20.6. The molecule has 0 fully saturated rings. The molecule has 0 aliphatic heterocycles. The third-order valence-electron chi connectivity index (χ3n) is 4.40. The summed E-state index contributed by atoms with van der Waals surface area (Å²) in [7, 11) is 3.37. The van der Waals surface area contributed by atoms with Gasteiger partial charge < -0.3 is 0 Å². The van der Waals surface area contributed by atoms with Gasteiger partial charge >= 0.3 is 191 Å². The summed E-state index contributed by atoms with van der Waals surface area (Å²) < 4.78 is 25.1. The predicted molar refractivity (Wildman–Crippen MR) is 129 cm³/mol. The van der Waals surface area contributed by atoms with Gasteiger partial charge in [-0.05, 0) is 0 Å². The number of fused-ring (bicyclic) bond motifs is 1. The number of rotatable bonds is 7. The van der Waals surface area contributed by atoms with Crippen molar-refractivity contribution < 1.29 is 18.7 Å². The van der Waals surface area contributed by atoms with Crippen LogP contribution in [0.2, 0.25) is 0 Å². The summed E-state index contributed by atoms with van der Waals surface area (Å²) in [5.41, 5.74) is 1.14. The second-order valence-electron chi connectivity index (χ2n) is 6.10. The van der Waals surface area contributed by atoms with Gasteiger partial charge in [-0.15, -0.1) is 0 Å². The second kappa shape index (κ2) is 9.39. The molecule has 4 aromatic rings. The fourth-order valence-corrected chi connectivity index (χ4v) is 6.38. The van der Waals surface area contributed by atoms with Crippen LogP contribution in [0.1, 0.15) is 0 Å². The predicted octanol–water partition coefficient (Wildman–Crippen LogP) is 6.70. The van der Waals surface area contributed by atoms with Crippen molar-refractivity contribution in [1.29, 1.82) is 0 Å². The molecule has 0 N–H and O–H groups in total. The van der Waals surface area contributed by atoms with Crippen molar-refractivity contribution in [3.8, 4) is 38.7 Å². The van der Waals surface area contributed by atoms with Crippen molar-refractivity contribution in [2.75, 3.05) is 14.2 Å². The van der Waals surface area contributed by atoms with Gasteiger partial charge in [0, 0.05) is 0 Å². The van der Waals surface area contributed by atoms with Crippen molar-refractivity contribution in [1.82, 2.24) is 0 Å². The van der Waals surface area contributed by atoms with Crippen LogP contribution >= 0.6 is 28.5 Å². The van der Waals surface area contributed by atoms with Crippen LogP contribution in [-0.4, -0.2) is 28.7 Å². The number of methoxy groups -OCH3 is 2. The molecule has 1 atom stereocenters. The first-order valence-corrected chi connectivity index (χ1v) is 14.5. The minimum absolute atomic E-state index is 0.110.